The molecule has 0 spiro atoms. The highest BCUT2D eigenvalue weighted by atomic mass is 16.2. The SMILES string of the molecule is C[C@@H]1CCCN(C(=O)c2cccc(N)c2)C1. The molecule has 1 aromatic rings. The average molecular weight is 218 g/mol. The molecule has 1 fully saturated rings. The molecular weight excluding hydrogens is 200 g/mol. The first-order valence-electron chi connectivity index (χ1n) is 5.81. The number of nitrogens with two attached hydrogens (primary N) is 1. The van der Waals surface area contributed by atoms with E-state index in [2.05, 4.69) is 6.92 Å². The fraction of sp³-hybridized carbons (Fsp3) is 0.462. The van der Waals surface area contributed by atoms with Gasteiger partial charge in [0.1, 0.15) is 0 Å². The Hall–Kier alpha value is -1.51. The molecule has 1 atom stereocenters. The van der Waals surface area contributed by atoms with Crippen molar-refractivity contribution in [2.24, 2.45) is 5.92 Å². The molecule has 0 aliphatic carbocycles. The van der Waals surface area contributed by atoms with Crippen molar-refractivity contribution in [2.45, 2.75) is 19.8 Å². The molecule has 0 aromatic heterocycles. The summed E-state index contributed by atoms with van der Waals surface area (Å²) in [6.45, 7) is 3.93. The Kier molecular flexibility index (Phi) is 3.13. The van der Waals surface area contributed by atoms with Crippen LogP contribution in [0.25, 0.3) is 0 Å². The predicted octanol–water partition coefficient (Wildman–Crippen LogP) is 2.14. The monoisotopic (exact) mass is 218 g/mol. The van der Waals surface area contributed by atoms with Gasteiger partial charge in [0, 0.05) is 24.3 Å². The van der Waals surface area contributed by atoms with Gasteiger partial charge in [-0.15, -0.1) is 0 Å². The Bertz CT molecular complexity index is 389. The van der Waals surface area contributed by atoms with Crippen molar-refractivity contribution in [1.82, 2.24) is 4.90 Å². The topological polar surface area (TPSA) is 46.3 Å². The summed E-state index contributed by atoms with van der Waals surface area (Å²) in [4.78, 5) is 14.1. The zero-order valence-electron chi connectivity index (χ0n) is 9.65. The number of piperidine rings is 1. The maximum atomic E-state index is 12.2. The van der Waals surface area contributed by atoms with Gasteiger partial charge in [0.05, 0.1) is 0 Å². The summed E-state index contributed by atoms with van der Waals surface area (Å²) >= 11 is 0. The van der Waals surface area contributed by atoms with Crippen LogP contribution in [0, 0.1) is 5.92 Å². The second-order valence-electron chi connectivity index (χ2n) is 4.62. The molecule has 86 valence electrons. The van der Waals surface area contributed by atoms with Crippen LogP contribution in [0.3, 0.4) is 0 Å². The van der Waals surface area contributed by atoms with Gasteiger partial charge in [-0.25, -0.2) is 0 Å². The van der Waals surface area contributed by atoms with Crippen molar-refractivity contribution in [3.63, 3.8) is 0 Å². The number of rotatable bonds is 1. The van der Waals surface area contributed by atoms with Crippen molar-refractivity contribution >= 4 is 11.6 Å². The van der Waals surface area contributed by atoms with Crippen LogP contribution in [-0.4, -0.2) is 23.9 Å². The molecule has 1 saturated heterocycles. The first-order valence-corrected chi connectivity index (χ1v) is 5.81. The highest BCUT2D eigenvalue weighted by molar-refractivity contribution is 5.95. The minimum atomic E-state index is 0.110. The highest BCUT2D eigenvalue weighted by Crippen LogP contribution is 2.18. The lowest BCUT2D eigenvalue weighted by molar-refractivity contribution is 0.0683. The van der Waals surface area contributed by atoms with Crippen LogP contribution in [-0.2, 0) is 0 Å². The molecule has 1 aliphatic heterocycles. The van der Waals surface area contributed by atoms with E-state index in [0.717, 1.165) is 19.5 Å². The van der Waals surface area contributed by atoms with E-state index in [0.29, 0.717) is 17.2 Å². The van der Waals surface area contributed by atoms with Crippen molar-refractivity contribution in [2.75, 3.05) is 18.8 Å². The van der Waals surface area contributed by atoms with E-state index in [-0.39, 0.29) is 5.91 Å². The summed E-state index contributed by atoms with van der Waals surface area (Å²) in [6.07, 6.45) is 2.33. The van der Waals surface area contributed by atoms with Crippen molar-refractivity contribution < 1.29 is 4.79 Å². The number of amides is 1. The number of likely N-dealkylation sites (tertiary alicyclic amines) is 1. The Morgan fingerprint density at radius 2 is 2.31 bits per heavy atom. The summed E-state index contributed by atoms with van der Waals surface area (Å²) in [5, 5.41) is 0. The van der Waals surface area contributed by atoms with Gasteiger partial charge >= 0.3 is 0 Å². The summed E-state index contributed by atoms with van der Waals surface area (Å²) in [5.41, 5.74) is 7.03. The summed E-state index contributed by atoms with van der Waals surface area (Å²) < 4.78 is 0. The second kappa shape index (κ2) is 4.56. The van der Waals surface area contributed by atoms with E-state index in [4.69, 9.17) is 5.73 Å². The van der Waals surface area contributed by atoms with Crippen LogP contribution in [0.2, 0.25) is 0 Å². The molecule has 1 amide bonds. The molecule has 3 heteroatoms. The van der Waals surface area contributed by atoms with Gasteiger partial charge in [0.2, 0.25) is 0 Å². The number of anilines is 1. The lowest BCUT2D eigenvalue weighted by Gasteiger charge is -2.31. The Balaban J connectivity index is 2.12. The molecule has 1 aliphatic rings. The summed E-state index contributed by atoms with van der Waals surface area (Å²) in [6, 6.07) is 7.21. The zero-order valence-corrected chi connectivity index (χ0v) is 9.65. The number of nitrogens with zero attached hydrogens (tertiary/aromatic N) is 1. The third kappa shape index (κ3) is 2.35. The van der Waals surface area contributed by atoms with Gasteiger partial charge in [-0.3, -0.25) is 4.79 Å². The Morgan fingerprint density at radius 1 is 1.50 bits per heavy atom. The second-order valence-corrected chi connectivity index (χ2v) is 4.62. The molecule has 2 rings (SSSR count). The maximum absolute atomic E-state index is 12.2. The predicted molar refractivity (Wildman–Crippen MR) is 65.2 cm³/mol. The number of nitrogen functional groups attached to an aromatic ring is 1. The van der Waals surface area contributed by atoms with E-state index in [1.807, 2.05) is 17.0 Å². The molecule has 0 unspecified atom stereocenters. The van der Waals surface area contributed by atoms with Crippen molar-refractivity contribution in [3.8, 4) is 0 Å². The average Bonchev–Trinajstić information content (AvgIpc) is 2.28. The minimum absolute atomic E-state index is 0.110. The van der Waals surface area contributed by atoms with Crippen LogP contribution in [0.4, 0.5) is 5.69 Å². The van der Waals surface area contributed by atoms with Crippen LogP contribution >= 0.6 is 0 Å². The normalized spacial score (nSPS) is 20.8. The van der Waals surface area contributed by atoms with Gasteiger partial charge in [-0.2, -0.15) is 0 Å². The van der Waals surface area contributed by atoms with Gasteiger partial charge in [-0.05, 0) is 37.0 Å². The van der Waals surface area contributed by atoms with Gasteiger partial charge in [0.25, 0.3) is 5.91 Å². The van der Waals surface area contributed by atoms with E-state index in [9.17, 15) is 4.79 Å². The smallest absolute Gasteiger partial charge is 0.253 e. The molecule has 1 aromatic carbocycles. The third-order valence-corrected chi connectivity index (χ3v) is 3.08. The standard InChI is InChI=1S/C13H18N2O/c1-10-4-3-7-15(9-10)13(16)11-5-2-6-12(14)8-11/h2,5-6,8,10H,3-4,7,9,14H2,1H3/t10-/m1/s1. The molecule has 0 bridgehead atoms. The van der Waals surface area contributed by atoms with Gasteiger partial charge in [-0.1, -0.05) is 13.0 Å². The van der Waals surface area contributed by atoms with Gasteiger partial charge < -0.3 is 10.6 Å². The summed E-state index contributed by atoms with van der Waals surface area (Å²) in [7, 11) is 0. The van der Waals surface area contributed by atoms with Crippen LogP contribution in [0.5, 0.6) is 0 Å². The zero-order chi connectivity index (χ0) is 11.5. The fourth-order valence-corrected chi connectivity index (χ4v) is 2.23. The van der Waals surface area contributed by atoms with Crippen LogP contribution < -0.4 is 5.73 Å². The summed E-state index contributed by atoms with van der Waals surface area (Å²) in [5.74, 6) is 0.720. The number of hydrogen-bond acceptors (Lipinski definition) is 2. The maximum Gasteiger partial charge on any atom is 0.253 e. The number of benzene rings is 1. The molecule has 3 nitrogen and oxygen atoms in total. The molecule has 1 heterocycles. The van der Waals surface area contributed by atoms with Crippen molar-refractivity contribution in [3.05, 3.63) is 29.8 Å². The lowest BCUT2D eigenvalue weighted by Crippen LogP contribution is -2.39. The largest absolute Gasteiger partial charge is 0.399 e. The fourth-order valence-electron chi connectivity index (χ4n) is 2.23. The molecule has 2 N–H and O–H groups in total. The first-order chi connectivity index (χ1) is 7.66. The van der Waals surface area contributed by atoms with E-state index >= 15 is 0 Å². The molecule has 16 heavy (non-hydrogen) atoms. The van der Waals surface area contributed by atoms with E-state index < -0.39 is 0 Å². The number of carbonyl (C=O) groups is 1. The molecule has 0 saturated carbocycles. The first kappa shape index (κ1) is 11.0. The molecular formula is C13H18N2O. The van der Waals surface area contributed by atoms with Crippen LogP contribution in [0.15, 0.2) is 24.3 Å². The van der Waals surface area contributed by atoms with Crippen LogP contribution in [0.1, 0.15) is 30.1 Å². The Labute approximate surface area is 96.2 Å². The third-order valence-electron chi connectivity index (χ3n) is 3.08. The number of carbonyl (C=O) groups excluding carboxylic acids is 1. The Morgan fingerprint density at radius 3 is 3.00 bits per heavy atom. The number of hydrogen-bond donors (Lipinski definition) is 1. The quantitative estimate of drug-likeness (QED) is 0.734. The van der Waals surface area contributed by atoms with E-state index in [1.165, 1.54) is 6.42 Å². The minimum Gasteiger partial charge on any atom is -0.399 e. The van der Waals surface area contributed by atoms with E-state index in [1.54, 1.807) is 12.1 Å². The molecule has 0 radical (unpaired) electrons. The van der Waals surface area contributed by atoms with Gasteiger partial charge in [0.15, 0.2) is 0 Å². The lowest BCUT2D eigenvalue weighted by atomic mass is 9.99. The highest BCUT2D eigenvalue weighted by Gasteiger charge is 2.21. The van der Waals surface area contributed by atoms with Crippen molar-refractivity contribution in [1.29, 1.82) is 0 Å².